The predicted octanol–water partition coefficient (Wildman–Crippen LogP) is 3.99. The Morgan fingerprint density at radius 1 is 1.08 bits per heavy atom. The van der Waals surface area contributed by atoms with E-state index in [0.29, 0.717) is 23.6 Å². The molecule has 1 aromatic heterocycles. The molecule has 0 unspecified atom stereocenters. The van der Waals surface area contributed by atoms with Gasteiger partial charge in [0.15, 0.2) is 0 Å². The smallest absolute Gasteiger partial charge is 0.257 e. The highest BCUT2D eigenvalue weighted by Crippen LogP contribution is 2.24. The summed E-state index contributed by atoms with van der Waals surface area (Å²) >= 11 is 0. The monoisotopic (exact) mass is 339 g/mol. The number of hydrogen-bond acceptors (Lipinski definition) is 3. The van der Waals surface area contributed by atoms with Crippen molar-refractivity contribution in [3.05, 3.63) is 59.4 Å². The number of unbranched alkanes of at least 4 members (excludes halogenated alkanes) is 1. The average Bonchev–Trinajstić information content (AvgIpc) is 2.62. The van der Waals surface area contributed by atoms with Gasteiger partial charge < -0.3 is 10.6 Å². The van der Waals surface area contributed by atoms with Crippen LogP contribution in [0.2, 0.25) is 0 Å². The van der Waals surface area contributed by atoms with Crippen LogP contribution in [0.3, 0.4) is 0 Å². The Balaban J connectivity index is 2.13. The SMILES string of the molecule is CCCCNC(=O)c1cncc(C(=O)Nc2ccccc2C(C)C)c1. The minimum Gasteiger partial charge on any atom is -0.352 e. The second-order valence-electron chi connectivity index (χ2n) is 6.27. The van der Waals surface area contributed by atoms with Gasteiger partial charge in [0.1, 0.15) is 0 Å². The molecular formula is C20H25N3O2. The molecule has 5 nitrogen and oxygen atoms in total. The van der Waals surface area contributed by atoms with Crippen LogP contribution in [0, 0.1) is 0 Å². The number of carbonyl (C=O) groups excluding carboxylic acids is 2. The van der Waals surface area contributed by atoms with Crippen LogP contribution in [-0.4, -0.2) is 23.3 Å². The van der Waals surface area contributed by atoms with Crippen molar-refractivity contribution in [3.8, 4) is 0 Å². The van der Waals surface area contributed by atoms with Crippen LogP contribution in [0.5, 0.6) is 0 Å². The molecule has 5 heteroatoms. The van der Waals surface area contributed by atoms with E-state index in [1.807, 2.05) is 24.3 Å². The van der Waals surface area contributed by atoms with E-state index < -0.39 is 0 Å². The summed E-state index contributed by atoms with van der Waals surface area (Å²) < 4.78 is 0. The second-order valence-corrected chi connectivity index (χ2v) is 6.27. The van der Waals surface area contributed by atoms with Gasteiger partial charge in [-0.1, -0.05) is 45.4 Å². The maximum absolute atomic E-state index is 12.5. The van der Waals surface area contributed by atoms with Gasteiger partial charge in [0.2, 0.25) is 0 Å². The molecule has 25 heavy (non-hydrogen) atoms. The lowest BCUT2D eigenvalue weighted by molar-refractivity contribution is 0.0953. The molecular weight excluding hydrogens is 314 g/mol. The largest absolute Gasteiger partial charge is 0.352 e. The highest BCUT2D eigenvalue weighted by Gasteiger charge is 2.13. The van der Waals surface area contributed by atoms with Crippen LogP contribution < -0.4 is 10.6 Å². The zero-order valence-electron chi connectivity index (χ0n) is 15.0. The van der Waals surface area contributed by atoms with Crippen molar-refractivity contribution in [3.63, 3.8) is 0 Å². The number of pyridine rings is 1. The van der Waals surface area contributed by atoms with Crippen molar-refractivity contribution in [2.45, 2.75) is 39.5 Å². The summed E-state index contributed by atoms with van der Waals surface area (Å²) in [4.78, 5) is 28.7. The topological polar surface area (TPSA) is 71.1 Å². The fourth-order valence-electron chi connectivity index (χ4n) is 2.48. The molecule has 0 spiro atoms. The summed E-state index contributed by atoms with van der Waals surface area (Å²) in [5.41, 5.74) is 2.60. The Kier molecular flexibility index (Phi) is 6.69. The van der Waals surface area contributed by atoms with Crippen molar-refractivity contribution in [2.75, 3.05) is 11.9 Å². The molecule has 0 saturated carbocycles. The van der Waals surface area contributed by atoms with Gasteiger partial charge >= 0.3 is 0 Å². The molecule has 2 amide bonds. The number of aromatic nitrogens is 1. The number of amides is 2. The van der Waals surface area contributed by atoms with Crippen molar-refractivity contribution in [2.24, 2.45) is 0 Å². The number of carbonyl (C=O) groups is 2. The van der Waals surface area contributed by atoms with Crippen LogP contribution in [0.1, 0.15) is 65.8 Å². The molecule has 2 N–H and O–H groups in total. The molecule has 0 saturated heterocycles. The van der Waals surface area contributed by atoms with Gasteiger partial charge in [0.05, 0.1) is 11.1 Å². The fourth-order valence-corrected chi connectivity index (χ4v) is 2.48. The predicted molar refractivity (Wildman–Crippen MR) is 100.0 cm³/mol. The van der Waals surface area contributed by atoms with E-state index in [-0.39, 0.29) is 11.8 Å². The van der Waals surface area contributed by atoms with E-state index in [4.69, 9.17) is 0 Å². The lowest BCUT2D eigenvalue weighted by Crippen LogP contribution is -2.25. The molecule has 1 heterocycles. The number of nitrogens with zero attached hydrogens (tertiary/aromatic N) is 1. The zero-order valence-corrected chi connectivity index (χ0v) is 15.0. The summed E-state index contributed by atoms with van der Waals surface area (Å²) in [7, 11) is 0. The minimum absolute atomic E-state index is 0.210. The Morgan fingerprint density at radius 3 is 2.44 bits per heavy atom. The first-order valence-electron chi connectivity index (χ1n) is 8.66. The van der Waals surface area contributed by atoms with Crippen molar-refractivity contribution < 1.29 is 9.59 Å². The first-order valence-corrected chi connectivity index (χ1v) is 8.66. The highest BCUT2D eigenvalue weighted by atomic mass is 16.2. The van der Waals surface area contributed by atoms with E-state index >= 15 is 0 Å². The van der Waals surface area contributed by atoms with E-state index in [2.05, 4.69) is 36.4 Å². The Bertz CT molecular complexity index is 741. The quantitative estimate of drug-likeness (QED) is 0.749. The molecule has 0 atom stereocenters. The third-order valence-electron chi connectivity index (χ3n) is 3.91. The van der Waals surface area contributed by atoms with Gasteiger partial charge in [-0.05, 0) is 30.0 Å². The molecule has 0 aliphatic rings. The standard InChI is InChI=1S/C20H25N3O2/c1-4-5-10-22-19(24)15-11-16(13-21-12-15)20(25)23-18-9-7-6-8-17(18)14(2)3/h6-9,11-14H,4-5,10H2,1-3H3,(H,22,24)(H,23,25). The summed E-state index contributed by atoms with van der Waals surface area (Å²) in [5, 5.41) is 5.75. The first kappa shape index (κ1) is 18.6. The minimum atomic E-state index is -0.274. The molecule has 1 aromatic carbocycles. The summed E-state index contributed by atoms with van der Waals surface area (Å²) in [5.74, 6) is -0.188. The maximum Gasteiger partial charge on any atom is 0.257 e. The average molecular weight is 339 g/mol. The Hall–Kier alpha value is -2.69. The first-order chi connectivity index (χ1) is 12.0. The van der Waals surface area contributed by atoms with Crippen LogP contribution in [-0.2, 0) is 0 Å². The lowest BCUT2D eigenvalue weighted by Gasteiger charge is -2.13. The summed E-state index contributed by atoms with van der Waals surface area (Å²) in [6.45, 7) is 6.84. The number of para-hydroxylation sites is 1. The highest BCUT2D eigenvalue weighted by molar-refractivity contribution is 6.06. The lowest BCUT2D eigenvalue weighted by atomic mass is 10.0. The third kappa shape index (κ3) is 5.14. The molecule has 0 aliphatic heterocycles. The van der Waals surface area contributed by atoms with E-state index in [9.17, 15) is 9.59 Å². The van der Waals surface area contributed by atoms with Gasteiger partial charge in [-0.15, -0.1) is 0 Å². The number of benzene rings is 1. The van der Waals surface area contributed by atoms with Crippen molar-refractivity contribution >= 4 is 17.5 Å². The van der Waals surface area contributed by atoms with Crippen LogP contribution in [0.25, 0.3) is 0 Å². The van der Waals surface area contributed by atoms with Gasteiger partial charge in [0.25, 0.3) is 11.8 Å². The molecule has 2 aromatic rings. The summed E-state index contributed by atoms with van der Waals surface area (Å²) in [6.07, 6.45) is 4.87. The van der Waals surface area contributed by atoms with E-state index in [1.54, 1.807) is 6.07 Å². The molecule has 0 aliphatic carbocycles. The normalized spacial score (nSPS) is 10.6. The third-order valence-corrected chi connectivity index (χ3v) is 3.91. The van der Waals surface area contributed by atoms with Crippen molar-refractivity contribution in [1.29, 1.82) is 0 Å². The van der Waals surface area contributed by atoms with Crippen LogP contribution >= 0.6 is 0 Å². The molecule has 0 fully saturated rings. The zero-order chi connectivity index (χ0) is 18.2. The maximum atomic E-state index is 12.5. The summed E-state index contributed by atoms with van der Waals surface area (Å²) in [6, 6.07) is 9.28. The number of hydrogen-bond donors (Lipinski definition) is 2. The van der Waals surface area contributed by atoms with Crippen molar-refractivity contribution in [1.82, 2.24) is 10.3 Å². The Labute approximate surface area is 148 Å². The van der Waals surface area contributed by atoms with E-state index in [1.165, 1.54) is 12.4 Å². The van der Waals surface area contributed by atoms with Crippen LogP contribution in [0.15, 0.2) is 42.7 Å². The van der Waals surface area contributed by atoms with Gasteiger partial charge in [-0.3, -0.25) is 14.6 Å². The number of anilines is 1. The number of nitrogens with one attached hydrogen (secondary N) is 2. The second kappa shape index (κ2) is 8.97. The van der Waals surface area contributed by atoms with E-state index in [0.717, 1.165) is 24.1 Å². The number of rotatable bonds is 7. The molecule has 132 valence electrons. The van der Waals surface area contributed by atoms with Gasteiger partial charge in [-0.25, -0.2) is 0 Å². The van der Waals surface area contributed by atoms with Gasteiger partial charge in [-0.2, -0.15) is 0 Å². The fraction of sp³-hybridized carbons (Fsp3) is 0.350. The molecule has 0 radical (unpaired) electrons. The molecule has 2 rings (SSSR count). The van der Waals surface area contributed by atoms with Gasteiger partial charge in [0, 0.05) is 24.6 Å². The Morgan fingerprint density at radius 2 is 1.76 bits per heavy atom. The molecule has 0 bridgehead atoms. The van der Waals surface area contributed by atoms with Crippen LogP contribution in [0.4, 0.5) is 5.69 Å².